The third-order valence-corrected chi connectivity index (χ3v) is 8.24. The van der Waals surface area contributed by atoms with Gasteiger partial charge in [-0.1, -0.05) is 24.3 Å². The molecule has 1 fully saturated rings. The summed E-state index contributed by atoms with van der Waals surface area (Å²) in [5.41, 5.74) is 0.0982. The maximum atomic E-state index is 12.8. The van der Waals surface area contributed by atoms with Crippen molar-refractivity contribution in [1.82, 2.24) is 10.4 Å². The topological polar surface area (TPSA) is 80.3 Å². The van der Waals surface area contributed by atoms with Crippen LogP contribution in [-0.2, 0) is 24.6 Å². The van der Waals surface area contributed by atoms with Gasteiger partial charge < -0.3 is 23.8 Å². The molecule has 1 aromatic rings. The molecule has 0 aromatic heterocycles. The molecule has 1 aliphatic heterocycles. The Bertz CT molecular complexity index is 647. The van der Waals surface area contributed by atoms with E-state index in [0.717, 1.165) is 10.8 Å². The summed E-state index contributed by atoms with van der Waals surface area (Å²) in [6, 6.07) is 7.72. The number of rotatable bonds is 7. The highest BCUT2D eigenvalue weighted by Crippen LogP contribution is 2.39. The van der Waals surface area contributed by atoms with Crippen LogP contribution in [0.2, 0.25) is 0 Å². The Hall–Kier alpha value is -1.29. The number of nitrogens with one attached hydrogen (secondary N) is 1. The minimum absolute atomic E-state index is 0.0210. The molecule has 2 N–H and O–H groups in total. The zero-order chi connectivity index (χ0) is 21.2. The zero-order valence-electron chi connectivity index (χ0n) is 18.0. The molecule has 2 rings (SSSR count). The van der Waals surface area contributed by atoms with Crippen LogP contribution in [-0.4, -0.2) is 57.4 Å². The van der Waals surface area contributed by atoms with Crippen molar-refractivity contribution in [2.45, 2.75) is 58.2 Å². The van der Waals surface area contributed by atoms with Gasteiger partial charge in [0.1, 0.15) is 0 Å². The second kappa shape index (κ2) is 8.60. The Labute approximate surface area is 169 Å². The molecule has 0 aliphatic carbocycles. The first-order valence-corrected chi connectivity index (χ1v) is 11.3. The van der Waals surface area contributed by atoms with Gasteiger partial charge >= 0.3 is 8.80 Å². The van der Waals surface area contributed by atoms with Crippen LogP contribution in [0.4, 0.5) is 0 Å². The quantitative estimate of drug-likeness (QED) is 0.670. The van der Waals surface area contributed by atoms with Crippen LogP contribution in [0.25, 0.3) is 0 Å². The first-order valence-electron chi connectivity index (χ1n) is 9.53. The molecule has 1 aromatic carbocycles. The number of nitrogens with zero attached hydrogens (tertiary/aromatic N) is 1. The summed E-state index contributed by atoms with van der Waals surface area (Å²) in [7, 11) is 1.89. The van der Waals surface area contributed by atoms with E-state index < -0.39 is 19.9 Å². The van der Waals surface area contributed by atoms with Crippen LogP contribution in [0.15, 0.2) is 24.3 Å². The molecule has 0 radical (unpaired) electrons. The monoisotopic (exact) mass is 410 g/mol. The maximum absolute atomic E-state index is 12.8. The number of amides is 1. The standard InChI is InChI=1S/C20H34N2O5Si/c1-19(2)12-16(13-20(3,4)22(19)24)18(23)21-14-15-8-10-17(11-9-15)28(25-5,26-6)27-7/h8-11,16,24H,12-14H2,1-7H3,(H,21,23). The predicted octanol–water partition coefficient (Wildman–Crippen LogP) is 2.05. The molecule has 0 saturated carbocycles. The summed E-state index contributed by atoms with van der Waals surface area (Å²) in [5, 5.41) is 15.7. The van der Waals surface area contributed by atoms with Gasteiger partial charge in [0.15, 0.2) is 0 Å². The van der Waals surface area contributed by atoms with Crippen molar-refractivity contribution >= 4 is 19.9 Å². The van der Waals surface area contributed by atoms with Gasteiger partial charge in [-0.25, -0.2) is 0 Å². The van der Waals surface area contributed by atoms with Gasteiger partial charge in [-0.3, -0.25) is 4.79 Å². The second-order valence-corrected chi connectivity index (χ2v) is 11.5. The third-order valence-electron chi connectivity index (χ3n) is 5.59. The number of carbonyl (C=O) groups is 1. The lowest BCUT2D eigenvalue weighted by Crippen LogP contribution is -2.60. The van der Waals surface area contributed by atoms with Crippen molar-refractivity contribution in [1.29, 1.82) is 0 Å². The number of hydroxylamine groups is 2. The number of hydrogen-bond acceptors (Lipinski definition) is 6. The fourth-order valence-electron chi connectivity index (χ4n) is 4.22. The van der Waals surface area contributed by atoms with E-state index in [2.05, 4.69) is 5.32 Å². The Kier molecular flexibility index (Phi) is 7.06. The van der Waals surface area contributed by atoms with E-state index in [9.17, 15) is 10.0 Å². The molecule has 1 amide bonds. The van der Waals surface area contributed by atoms with Crippen LogP contribution in [0, 0.1) is 5.92 Å². The van der Waals surface area contributed by atoms with E-state index in [0.29, 0.717) is 19.4 Å². The number of piperidine rings is 1. The van der Waals surface area contributed by atoms with Crippen LogP contribution in [0.1, 0.15) is 46.1 Å². The van der Waals surface area contributed by atoms with Crippen molar-refractivity contribution in [2.75, 3.05) is 21.3 Å². The molecule has 28 heavy (non-hydrogen) atoms. The number of benzene rings is 1. The van der Waals surface area contributed by atoms with Gasteiger partial charge in [-0.15, -0.1) is 0 Å². The van der Waals surface area contributed by atoms with E-state index in [4.69, 9.17) is 13.3 Å². The smallest absolute Gasteiger partial charge is 0.373 e. The Balaban J connectivity index is 2.01. The normalized spacial score (nSPS) is 20.1. The van der Waals surface area contributed by atoms with Crippen LogP contribution < -0.4 is 10.5 Å². The van der Waals surface area contributed by atoms with Crippen molar-refractivity contribution in [3.05, 3.63) is 29.8 Å². The summed E-state index contributed by atoms with van der Waals surface area (Å²) in [4.78, 5) is 12.8. The summed E-state index contributed by atoms with van der Waals surface area (Å²) in [6.07, 6.45) is 1.22. The summed E-state index contributed by atoms with van der Waals surface area (Å²) >= 11 is 0. The van der Waals surface area contributed by atoms with Crippen molar-refractivity contribution < 1.29 is 23.3 Å². The van der Waals surface area contributed by atoms with Crippen molar-refractivity contribution in [3.8, 4) is 0 Å². The van der Waals surface area contributed by atoms with E-state index in [1.54, 1.807) is 21.3 Å². The highest BCUT2D eigenvalue weighted by Gasteiger charge is 2.47. The highest BCUT2D eigenvalue weighted by molar-refractivity contribution is 6.75. The van der Waals surface area contributed by atoms with Gasteiger partial charge in [0, 0.05) is 50.1 Å². The van der Waals surface area contributed by atoms with E-state index in [1.165, 1.54) is 5.06 Å². The fourth-order valence-corrected chi connectivity index (χ4v) is 6.00. The SMILES string of the molecule is CO[Si](OC)(OC)c1ccc(CNC(=O)C2CC(C)(C)N(O)C(C)(C)C2)cc1. The molecule has 0 spiro atoms. The van der Waals surface area contributed by atoms with Crippen LogP contribution in [0.3, 0.4) is 0 Å². The van der Waals surface area contributed by atoms with Crippen LogP contribution in [0.5, 0.6) is 0 Å². The molecule has 0 bridgehead atoms. The van der Waals surface area contributed by atoms with Crippen molar-refractivity contribution in [3.63, 3.8) is 0 Å². The largest absolute Gasteiger partial charge is 0.536 e. The molecule has 1 aliphatic rings. The van der Waals surface area contributed by atoms with E-state index in [1.807, 2.05) is 52.0 Å². The fraction of sp³-hybridized carbons (Fsp3) is 0.650. The van der Waals surface area contributed by atoms with Crippen molar-refractivity contribution in [2.24, 2.45) is 5.92 Å². The first-order chi connectivity index (χ1) is 13.0. The lowest BCUT2D eigenvalue weighted by Gasteiger charge is -2.51. The van der Waals surface area contributed by atoms with Crippen LogP contribution >= 0.6 is 0 Å². The molecule has 1 saturated heterocycles. The summed E-state index contributed by atoms with van der Waals surface area (Å²) in [6.45, 7) is 8.30. The van der Waals surface area contributed by atoms with Gasteiger partial charge in [-0.05, 0) is 46.1 Å². The van der Waals surface area contributed by atoms with Gasteiger partial charge in [0.25, 0.3) is 0 Å². The Morgan fingerprint density at radius 1 is 1.07 bits per heavy atom. The summed E-state index contributed by atoms with van der Waals surface area (Å²) in [5.74, 6) is -0.115. The first kappa shape index (κ1) is 23.0. The lowest BCUT2D eigenvalue weighted by molar-refractivity contribution is -0.249. The third kappa shape index (κ3) is 4.64. The zero-order valence-corrected chi connectivity index (χ0v) is 19.0. The molecule has 0 atom stereocenters. The maximum Gasteiger partial charge on any atom is 0.536 e. The average Bonchev–Trinajstić information content (AvgIpc) is 2.66. The molecule has 1 heterocycles. The minimum Gasteiger partial charge on any atom is -0.373 e. The number of hydrogen-bond donors (Lipinski definition) is 2. The van der Waals surface area contributed by atoms with Gasteiger partial charge in [0.2, 0.25) is 5.91 Å². The van der Waals surface area contributed by atoms with Gasteiger partial charge in [-0.2, -0.15) is 5.06 Å². The summed E-state index contributed by atoms with van der Waals surface area (Å²) < 4.78 is 16.5. The predicted molar refractivity (Wildman–Crippen MR) is 109 cm³/mol. The average molecular weight is 411 g/mol. The van der Waals surface area contributed by atoms with Gasteiger partial charge in [0.05, 0.1) is 0 Å². The van der Waals surface area contributed by atoms with E-state index >= 15 is 0 Å². The second-order valence-electron chi connectivity index (χ2n) is 8.63. The molecule has 158 valence electrons. The Morgan fingerprint density at radius 2 is 1.54 bits per heavy atom. The van der Waals surface area contributed by atoms with E-state index in [-0.39, 0.29) is 11.8 Å². The molecule has 7 nitrogen and oxygen atoms in total. The molecule has 0 unspecified atom stereocenters. The Morgan fingerprint density at radius 3 is 1.96 bits per heavy atom. The molecular formula is C20H34N2O5Si. The highest BCUT2D eigenvalue weighted by atomic mass is 28.4. The minimum atomic E-state index is -2.84. The lowest BCUT2D eigenvalue weighted by atomic mass is 9.75. The molecule has 8 heteroatoms. The molecular weight excluding hydrogens is 376 g/mol. The number of carbonyl (C=O) groups excluding carboxylic acids is 1.